The van der Waals surface area contributed by atoms with Crippen LogP contribution in [0.1, 0.15) is 36.6 Å². The first kappa shape index (κ1) is 21.5. The predicted octanol–water partition coefficient (Wildman–Crippen LogP) is 3.61. The van der Waals surface area contributed by atoms with E-state index in [0.29, 0.717) is 11.4 Å². The number of aliphatic imine (C=N–C) groups is 1. The molecule has 0 aliphatic carbocycles. The number of nitriles is 2. The first-order valence-electron chi connectivity index (χ1n) is 10.4. The summed E-state index contributed by atoms with van der Waals surface area (Å²) in [5.74, 6) is 0.603. The fourth-order valence-electron chi connectivity index (χ4n) is 3.97. The molecular formula is C24H23N9. The number of rotatable bonds is 4. The monoisotopic (exact) mass is 437 g/mol. The number of anilines is 5. The van der Waals surface area contributed by atoms with Gasteiger partial charge in [0.2, 0.25) is 5.96 Å². The van der Waals surface area contributed by atoms with Crippen LogP contribution in [-0.4, -0.2) is 17.0 Å². The average Bonchev–Trinajstić information content (AvgIpc) is 2.80. The Morgan fingerprint density at radius 1 is 1.03 bits per heavy atom. The van der Waals surface area contributed by atoms with Gasteiger partial charge in [0.05, 0.1) is 5.69 Å². The number of hydrogen-bond acceptors (Lipinski definition) is 9. The van der Waals surface area contributed by atoms with Crippen molar-refractivity contribution in [2.75, 3.05) is 21.7 Å². The van der Waals surface area contributed by atoms with E-state index in [4.69, 9.17) is 16.7 Å². The molecule has 1 atom stereocenters. The van der Waals surface area contributed by atoms with Crippen molar-refractivity contribution in [3.8, 4) is 12.3 Å². The van der Waals surface area contributed by atoms with E-state index >= 15 is 0 Å². The second-order valence-electron chi connectivity index (χ2n) is 7.79. The molecule has 9 heteroatoms. The molecule has 6 N–H and O–H groups in total. The third kappa shape index (κ3) is 3.95. The molecule has 0 radical (unpaired) electrons. The van der Waals surface area contributed by atoms with Crippen LogP contribution in [0.15, 0.2) is 59.6 Å². The molecule has 1 aromatic heterocycles. The van der Waals surface area contributed by atoms with Gasteiger partial charge in [-0.2, -0.15) is 10.5 Å². The highest BCUT2D eigenvalue weighted by Crippen LogP contribution is 2.41. The molecule has 0 fully saturated rings. The molecule has 0 bridgehead atoms. The number of nitrogens with one attached hydrogen (secondary N) is 2. The van der Waals surface area contributed by atoms with Crippen molar-refractivity contribution in [3.63, 3.8) is 0 Å². The molecule has 2 aromatic carbocycles. The van der Waals surface area contributed by atoms with Gasteiger partial charge in [-0.25, -0.2) is 9.98 Å². The Labute approximate surface area is 192 Å². The molecule has 0 spiro atoms. The number of guanidine groups is 1. The van der Waals surface area contributed by atoms with Crippen molar-refractivity contribution >= 4 is 34.7 Å². The number of nitrogen functional groups attached to an aromatic ring is 2. The summed E-state index contributed by atoms with van der Waals surface area (Å²) in [4.78, 5) is 11.1. The molecule has 33 heavy (non-hydrogen) atoms. The SMILES string of the molecule is CC(C)N(c1ccccc1)c1ccc(C2N=C(NC#N)Nc3nc(N)c(C#N)c(N)c32)cc1. The van der Waals surface area contributed by atoms with Crippen molar-refractivity contribution in [1.29, 1.82) is 10.5 Å². The second-order valence-corrected chi connectivity index (χ2v) is 7.79. The molecule has 1 aliphatic rings. The maximum atomic E-state index is 9.48. The van der Waals surface area contributed by atoms with Crippen LogP contribution in [0.3, 0.4) is 0 Å². The van der Waals surface area contributed by atoms with Crippen LogP contribution in [0, 0.1) is 22.8 Å². The van der Waals surface area contributed by atoms with Crippen molar-refractivity contribution in [1.82, 2.24) is 10.3 Å². The molecule has 9 nitrogen and oxygen atoms in total. The van der Waals surface area contributed by atoms with E-state index in [2.05, 4.69) is 51.5 Å². The van der Waals surface area contributed by atoms with Gasteiger partial charge in [-0.05, 0) is 43.7 Å². The van der Waals surface area contributed by atoms with E-state index in [1.54, 1.807) is 0 Å². The van der Waals surface area contributed by atoms with Crippen LogP contribution < -0.4 is 27.0 Å². The normalized spacial score (nSPS) is 14.3. The number of fused-ring (bicyclic) bond motifs is 1. The maximum Gasteiger partial charge on any atom is 0.211 e. The molecule has 3 aromatic rings. The number of nitrogens with two attached hydrogens (primary N) is 2. The van der Waals surface area contributed by atoms with E-state index in [0.717, 1.165) is 16.9 Å². The van der Waals surface area contributed by atoms with Crippen molar-refractivity contribution in [2.45, 2.75) is 25.9 Å². The first-order valence-corrected chi connectivity index (χ1v) is 10.4. The van der Waals surface area contributed by atoms with E-state index < -0.39 is 6.04 Å². The minimum absolute atomic E-state index is 0.0176. The number of nitrogens with zero attached hydrogens (tertiary/aromatic N) is 5. The quantitative estimate of drug-likeness (QED) is 0.357. The summed E-state index contributed by atoms with van der Waals surface area (Å²) in [6.45, 7) is 4.27. The predicted molar refractivity (Wildman–Crippen MR) is 130 cm³/mol. The third-order valence-electron chi connectivity index (χ3n) is 5.40. The summed E-state index contributed by atoms with van der Waals surface area (Å²) < 4.78 is 0. The number of para-hydroxylation sites is 1. The molecule has 2 heterocycles. The van der Waals surface area contributed by atoms with Crippen LogP contribution >= 0.6 is 0 Å². The Kier molecular flexibility index (Phi) is 5.71. The summed E-state index contributed by atoms with van der Waals surface area (Å²) in [5.41, 5.74) is 16.0. The molecule has 4 rings (SSSR count). The lowest BCUT2D eigenvalue weighted by atomic mass is 9.95. The zero-order valence-corrected chi connectivity index (χ0v) is 18.2. The molecule has 1 aliphatic heterocycles. The lowest BCUT2D eigenvalue weighted by Crippen LogP contribution is -2.32. The largest absolute Gasteiger partial charge is 0.397 e. The maximum absolute atomic E-state index is 9.48. The van der Waals surface area contributed by atoms with Gasteiger partial charge in [0.15, 0.2) is 6.19 Å². The zero-order valence-electron chi connectivity index (χ0n) is 18.2. The highest BCUT2D eigenvalue weighted by atomic mass is 15.2. The number of benzene rings is 2. The van der Waals surface area contributed by atoms with E-state index in [-0.39, 0.29) is 29.1 Å². The summed E-state index contributed by atoms with van der Waals surface area (Å²) in [7, 11) is 0. The van der Waals surface area contributed by atoms with Crippen LogP contribution in [-0.2, 0) is 0 Å². The minimum Gasteiger partial charge on any atom is -0.397 e. The fourth-order valence-corrected chi connectivity index (χ4v) is 3.97. The van der Waals surface area contributed by atoms with Gasteiger partial charge < -0.3 is 21.7 Å². The topological polar surface area (TPSA) is 152 Å². The lowest BCUT2D eigenvalue weighted by molar-refractivity contribution is 0.787. The summed E-state index contributed by atoms with van der Waals surface area (Å²) in [5, 5.41) is 24.0. The standard InChI is InChI=1S/C24H23N9/c1-14(2)33(16-6-4-3-5-7-16)17-10-8-15(9-11-17)21-19-20(27)18(12-25)22(28)31-23(19)32-24(30-21)29-13-26/h3-11,14,21H,1-2H3,(H6,27,28,29,30,31,32). The van der Waals surface area contributed by atoms with E-state index in [9.17, 15) is 5.26 Å². The number of aromatic nitrogens is 1. The van der Waals surface area contributed by atoms with Crippen LogP contribution in [0.5, 0.6) is 0 Å². The molecular weight excluding hydrogens is 414 g/mol. The summed E-state index contributed by atoms with van der Waals surface area (Å²) in [6, 6.07) is 19.8. The lowest BCUT2D eigenvalue weighted by Gasteiger charge is -2.30. The first-order chi connectivity index (χ1) is 15.9. The average molecular weight is 438 g/mol. The minimum atomic E-state index is -0.574. The molecule has 164 valence electrons. The molecule has 0 amide bonds. The Morgan fingerprint density at radius 3 is 2.30 bits per heavy atom. The highest BCUT2D eigenvalue weighted by molar-refractivity contribution is 5.98. The Bertz CT molecular complexity index is 1280. The van der Waals surface area contributed by atoms with Crippen LogP contribution in [0.25, 0.3) is 0 Å². The third-order valence-corrected chi connectivity index (χ3v) is 5.40. The number of pyridine rings is 1. The van der Waals surface area contributed by atoms with Gasteiger partial charge in [-0.3, -0.25) is 5.32 Å². The van der Waals surface area contributed by atoms with Crippen LogP contribution in [0.2, 0.25) is 0 Å². The van der Waals surface area contributed by atoms with Crippen LogP contribution in [0.4, 0.5) is 28.7 Å². The van der Waals surface area contributed by atoms with Gasteiger partial charge >= 0.3 is 0 Å². The molecule has 1 unspecified atom stereocenters. The van der Waals surface area contributed by atoms with Crippen molar-refractivity contribution in [3.05, 3.63) is 71.3 Å². The van der Waals surface area contributed by atoms with Gasteiger partial charge in [0, 0.05) is 23.0 Å². The second kappa shape index (κ2) is 8.77. The van der Waals surface area contributed by atoms with Crippen molar-refractivity contribution in [2.24, 2.45) is 4.99 Å². The van der Waals surface area contributed by atoms with E-state index in [1.807, 2.05) is 54.7 Å². The Hall–Kier alpha value is -4.76. The Morgan fingerprint density at radius 2 is 1.70 bits per heavy atom. The highest BCUT2D eigenvalue weighted by Gasteiger charge is 2.29. The smallest absolute Gasteiger partial charge is 0.211 e. The summed E-state index contributed by atoms with van der Waals surface area (Å²) >= 11 is 0. The number of hydrogen-bond donors (Lipinski definition) is 4. The van der Waals surface area contributed by atoms with Gasteiger partial charge in [0.1, 0.15) is 29.3 Å². The van der Waals surface area contributed by atoms with E-state index in [1.165, 1.54) is 0 Å². The van der Waals surface area contributed by atoms with Gasteiger partial charge in [0.25, 0.3) is 0 Å². The molecule has 0 saturated heterocycles. The molecule has 0 saturated carbocycles. The van der Waals surface area contributed by atoms with Gasteiger partial charge in [-0.1, -0.05) is 30.3 Å². The van der Waals surface area contributed by atoms with Crippen molar-refractivity contribution < 1.29 is 0 Å². The fraction of sp³-hybridized carbons (Fsp3) is 0.167. The zero-order chi connectivity index (χ0) is 23.5. The Balaban J connectivity index is 1.79. The van der Waals surface area contributed by atoms with Gasteiger partial charge in [-0.15, -0.1) is 0 Å². The summed E-state index contributed by atoms with van der Waals surface area (Å²) in [6.07, 6.45) is 1.85.